The van der Waals surface area contributed by atoms with Gasteiger partial charge in [0, 0.05) is 43.1 Å². The number of benzene rings is 1. The van der Waals surface area contributed by atoms with Crippen molar-refractivity contribution in [3.63, 3.8) is 0 Å². The fourth-order valence-electron chi connectivity index (χ4n) is 4.15. The monoisotopic (exact) mass is 470 g/mol. The molecule has 1 aliphatic rings. The van der Waals surface area contributed by atoms with Crippen molar-refractivity contribution in [3.05, 3.63) is 24.5 Å². The Bertz CT molecular complexity index is 1080. The normalized spacial score (nSPS) is 20.3. The Hall–Kier alpha value is -3.11. The van der Waals surface area contributed by atoms with Gasteiger partial charge in [-0.3, -0.25) is 0 Å². The number of anilines is 3. The molecule has 1 saturated carbocycles. The highest BCUT2D eigenvalue weighted by atomic mass is 16.5. The molecule has 1 fully saturated rings. The minimum atomic E-state index is -0.598. The third-order valence-corrected chi connectivity index (χ3v) is 6.15. The number of hydrogen-bond acceptors (Lipinski definition) is 9. The second-order valence-electron chi connectivity index (χ2n) is 8.84. The zero-order valence-electron chi connectivity index (χ0n) is 20.3. The molecule has 0 aliphatic heterocycles. The van der Waals surface area contributed by atoms with E-state index in [0.717, 1.165) is 37.0 Å². The van der Waals surface area contributed by atoms with Gasteiger partial charge in [-0.1, -0.05) is 0 Å². The number of nitrogens with zero attached hydrogens (tertiary/aromatic N) is 4. The van der Waals surface area contributed by atoms with E-state index < -0.39 is 5.60 Å². The second-order valence-corrected chi connectivity index (χ2v) is 8.84. The van der Waals surface area contributed by atoms with Crippen LogP contribution in [0.25, 0.3) is 11.2 Å². The summed E-state index contributed by atoms with van der Waals surface area (Å²) >= 11 is 0. The van der Waals surface area contributed by atoms with Gasteiger partial charge in [0.25, 0.3) is 0 Å². The van der Waals surface area contributed by atoms with E-state index in [9.17, 15) is 5.11 Å². The summed E-state index contributed by atoms with van der Waals surface area (Å²) in [5.41, 5.74) is 1.55. The first-order valence-corrected chi connectivity index (χ1v) is 11.7. The Kier molecular flexibility index (Phi) is 7.38. The number of aliphatic hydroxyl groups is 1. The molecular weight excluding hydrogens is 436 g/mol. The molecule has 10 nitrogen and oxygen atoms in total. The summed E-state index contributed by atoms with van der Waals surface area (Å²) in [5.74, 6) is 2.44. The lowest BCUT2D eigenvalue weighted by Crippen LogP contribution is -2.36. The van der Waals surface area contributed by atoms with Gasteiger partial charge >= 0.3 is 0 Å². The Morgan fingerprint density at radius 2 is 1.82 bits per heavy atom. The van der Waals surface area contributed by atoms with Crippen LogP contribution in [-0.2, 0) is 11.3 Å². The predicted octanol–water partition coefficient (Wildman–Crippen LogP) is 3.73. The average Bonchev–Trinajstić information content (AvgIpc) is 3.23. The van der Waals surface area contributed by atoms with Crippen LogP contribution in [0.2, 0.25) is 0 Å². The molecule has 0 atom stereocenters. The van der Waals surface area contributed by atoms with Crippen LogP contribution in [0.15, 0.2) is 24.5 Å². The summed E-state index contributed by atoms with van der Waals surface area (Å²) in [5, 5.41) is 17.1. The molecule has 0 bridgehead atoms. The van der Waals surface area contributed by atoms with Gasteiger partial charge in [-0.2, -0.15) is 9.97 Å². The fraction of sp³-hybridized carbons (Fsp3) is 0.542. The first kappa shape index (κ1) is 24.0. The first-order chi connectivity index (χ1) is 16.4. The maximum atomic E-state index is 10.3. The number of hydrogen-bond donors (Lipinski definition) is 3. The summed E-state index contributed by atoms with van der Waals surface area (Å²) in [4.78, 5) is 14.1. The summed E-state index contributed by atoms with van der Waals surface area (Å²) in [6.45, 7) is 5.74. The largest absolute Gasteiger partial charge is 0.497 e. The Morgan fingerprint density at radius 1 is 1.12 bits per heavy atom. The Balaban J connectivity index is 1.66. The molecule has 0 radical (unpaired) electrons. The van der Waals surface area contributed by atoms with Crippen molar-refractivity contribution in [2.45, 2.75) is 57.7 Å². The molecule has 2 heterocycles. The van der Waals surface area contributed by atoms with E-state index in [4.69, 9.17) is 24.2 Å². The van der Waals surface area contributed by atoms with E-state index in [-0.39, 0.29) is 6.04 Å². The standard InChI is InChI=1S/C24H34N6O4/c1-5-34-11-10-30-15-25-20-21(26-17-12-18(32-3)14-19(13-17)33-4)28-23(29-22(20)30)27-16-6-8-24(2,31)9-7-16/h12-16,31H,5-11H2,1-4H3,(H2,26,27,28,29). The van der Waals surface area contributed by atoms with Crippen molar-refractivity contribution in [3.8, 4) is 11.5 Å². The van der Waals surface area contributed by atoms with Crippen LogP contribution in [0, 0.1) is 0 Å². The SMILES string of the molecule is CCOCCn1cnc2c(Nc3cc(OC)cc(OC)c3)nc(NC3CCC(C)(O)CC3)nc21. The number of ether oxygens (including phenoxy) is 3. The number of aromatic nitrogens is 4. The molecule has 3 N–H and O–H groups in total. The minimum absolute atomic E-state index is 0.197. The van der Waals surface area contributed by atoms with Crippen molar-refractivity contribution < 1.29 is 19.3 Å². The van der Waals surface area contributed by atoms with E-state index in [0.29, 0.717) is 48.5 Å². The van der Waals surface area contributed by atoms with Crippen molar-refractivity contribution >= 4 is 28.6 Å². The van der Waals surface area contributed by atoms with Gasteiger partial charge in [0.1, 0.15) is 11.5 Å². The van der Waals surface area contributed by atoms with Gasteiger partial charge in [0.15, 0.2) is 17.0 Å². The lowest BCUT2D eigenvalue weighted by Gasteiger charge is -2.33. The number of nitrogens with one attached hydrogen (secondary N) is 2. The Morgan fingerprint density at radius 3 is 2.47 bits per heavy atom. The van der Waals surface area contributed by atoms with Crippen molar-refractivity contribution in [2.24, 2.45) is 0 Å². The lowest BCUT2D eigenvalue weighted by molar-refractivity contribution is 0.0196. The van der Waals surface area contributed by atoms with Gasteiger partial charge in [-0.15, -0.1) is 0 Å². The molecule has 10 heteroatoms. The maximum absolute atomic E-state index is 10.3. The van der Waals surface area contributed by atoms with Gasteiger partial charge in [0.2, 0.25) is 5.95 Å². The zero-order valence-corrected chi connectivity index (χ0v) is 20.3. The Labute approximate surface area is 199 Å². The fourth-order valence-corrected chi connectivity index (χ4v) is 4.15. The molecule has 4 rings (SSSR count). The molecule has 34 heavy (non-hydrogen) atoms. The van der Waals surface area contributed by atoms with Crippen LogP contribution in [0.3, 0.4) is 0 Å². The van der Waals surface area contributed by atoms with E-state index in [1.165, 1.54) is 0 Å². The van der Waals surface area contributed by atoms with Gasteiger partial charge < -0.3 is 34.5 Å². The van der Waals surface area contributed by atoms with E-state index in [1.54, 1.807) is 20.5 Å². The molecule has 0 amide bonds. The van der Waals surface area contributed by atoms with Crippen molar-refractivity contribution in [1.82, 2.24) is 19.5 Å². The van der Waals surface area contributed by atoms with E-state index in [1.807, 2.05) is 36.6 Å². The van der Waals surface area contributed by atoms with E-state index in [2.05, 4.69) is 15.6 Å². The molecule has 1 aromatic carbocycles. The first-order valence-electron chi connectivity index (χ1n) is 11.7. The van der Waals surface area contributed by atoms with Crippen LogP contribution < -0.4 is 20.1 Å². The molecule has 0 spiro atoms. The van der Waals surface area contributed by atoms with Crippen LogP contribution in [0.1, 0.15) is 39.5 Å². The summed E-state index contributed by atoms with van der Waals surface area (Å²) in [6.07, 6.45) is 4.96. The van der Waals surface area contributed by atoms with Crippen molar-refractivity contribution in [2.75, 3.05) is 38.1 Å². The molecule has 184 valence electrons. The smallest absolute Gasteiger partial charge is 0.227 e. The molecular formula is C24H34N6O4. The predicted molar refractivity (Wildman–Crippen MR) is 131 cm³/mol. The number of methoxy groups -OCH3 is 2. The molecule has 0 unspecified atom stereocenters. The molecule has 3 aromatic rings. The quantitative estimate of drug-likeness (QED) is 0.381. The van der Waals surface area contributed by atoms with Crippen LogP contribution in [0.4, 0.5) is 17.5 Å². The third kappa shape index (κ3) is 5.68. The highest BCUT2D eigenvalue weighted by Gasteiger charge is 2.29. The summed E-state index contributed by atoms with van der Waals surface area (Å²) in [6, 6.07) is 5.76. The zero-order chi connectivity index (χ0) is 24.1. The molecule has 0 saturated heterocycles. The van der Waals surface area contributed by atoms with E-state index >= 15 is 0 Å². The van der Waals surface area contributed by atoms with Crippen molar-refractivity contribution in [1.29, 1.82) is 0 Å². The highest BCUT2D eigenvalue weighted by Crippen LogP contribution is 2.32. The summed E-state index contributed by atoms with van der Waals surface area (Å²) in [7, 11) is 3.23. The topological polar surface area (TPSA) is 116 Å². The summed E-state index contributed by atoms with van der Waals surface area (Å²) < 4.78 is 18.3. The van der Waals surface area contributed by atoms with Crippen LogP contribution in [-0.4, -0.2) is 63.7 Å². The van der Waals surface area contributed by atoms with Crippen LogP contribution >= 0.6 is 0 Å². The lowest BCUT2D eigenvalue weighted by atomic mass is 9.84. The number of rotatable bonds is 10. The molecule has 2 aromatic heterocycles. The molecule has 1 aliphatic carbocycles. The second kappa shape index (κ2) is 10.4. The minimum Gasteiger partial charge on any atom is -0.497 e. The number of imidazole rings is 1. The maximum Gasteiger partial charge on any atom is 0.227 e. The average molecular weight is 471 g/mol. The highest BCUT2D eigenvalue weighted by molar-refractivity contribution is 5.86. The van der Waals surface area contributed by atoms with Crippen LogP contribution in [0.5, 0.6) is 11.5 Å². The van der Waals surface area contributed by atoms with Gasteiger partial charge in [0.05, 0.1) is 32.8 Å². The third-order valence-electron chi connectivity index (χ3n) is 6.15. The number of fused-ring (bicyclic) bond motifs is 1. The van der Waals surface area contributed by atoms with Gasteiger partial charge in [-0.05, 0) is 39.5 Å². The van der Waals surface area contributed by atoms with Gasteiger partial charge in [-0.25, -0.2) is 4.98 Å².